The van der Waals surface area contributed by atoms with Crippen molar-refractivity contribution >= 4 is 16.6 Å². The van der Waals surface area contributed by atoms with E-state index in [2.05, 4.69) is 89.8 Å². The Balaban J connectivity index is 1.68. The van der Waals surface area contributed by atoms with Gasteiger partial charge in [0.05, 0.1) is 24.1 Å². The number of morpholine rings is 1. The van der Waals surface area contributed by atoms with Crippen LogP contribution in [0, 0.1) is 0 Å². The number of nitrogens with zero attached hydrogens (tertiary/aromatic N) is 1. The molecular formula is C22H22NOS+. The van der Waals surface area contributed by atoms with Gasteiger partial charge >= 0.3 is 0 Å². The predicted molar refractivity (Wildman–Crippen MR) is 105 cm³/mol. The summed E-state index contributed by atoms with van der Waals surface area (Å²) in [5.41, 5.74) is 1.29. The van der Waals surface area contributed by atoms with Crippen LogP contribution in [-0.2, 0) is 15.6 Å². The Morgan fingerprint density at radius 3 is 1.60 bits per heavy atom. The van der Waals surface area contributed by atoms with Gasteiger partial charge in [0, 0.05) is 18.8 Å². The van der Waals surface area contributed by atoms with Crippen LogP contribution in [0.15, 0.2) is 99.6 Å². The highest BCUT2D eigenvalue weighted by molar-refractivity contribution is 7.97. The minimum atomic E-state index is -0.0710. The smallest absolute Gasteiger partial charge is 0.166 e. The molecule has 0 aliphatic carbocycles. The summed E-state index contributed by atoms with van der Waals surface area (Å²) in [4.78, 5) is 6.46. The molecule has 4 rings (SSSR count). The Hall–Kier alpha value is -2.23. The molecule has 1 saturated heterocycles. The molecule has 25 heavy (non-hydrogen) atoms. The molecule has 3 aromatic rings. The molecule has 0 atom stereocenters. The van der Waals surface area contributed by atoms with Gasteiger partial charge in [-0.05, 0) is 48.5 Å². The minimum absolute atomic E-state index is 0.0710. The monoisotopic (exact) mass is 348 g/mol. The highest BCUT2D eigenvalue weighted by atomic mass is 32.2. The van der Waals surface area contributed by atoms with E-state index >= 15 is 0 Å². The minimum Gasteiger partial charge on any atom is -0.378 e. The second-order valence-corrected chi connectivity index (χ2v) is 8.05. The Labute approximate surface area is 152 Å². The van der Waals surface area contributed by atoms with Crippen molar-refractivity contribution in [1.29, 1.82) is 0 Å². The lowest BCUT2D eigenvalue weighted by atomic mass is 10.2. The molecule has 0 spiro atoms. The van der Waals surface area contributed by atoms with E-state index in [0.29, 0.717) is 0 Å². The van der Waals surface area contributed by atoms with Gasteiger partial charge < -0.3 is 9.64 Å². The number of ether oxygens (including phenoxy) is 1. The van der Waals surface area contributed by atoms with E-state index in [0.717, 1.165) is 26.3 Å². The van der Waals surface area contributed by atoms with E-state index in [1.165, 1.54) is 20.4 Å². The van der Waals surface area contributed by atoms with E-state index in [9.17, 15) is 0 Å². The quantitative estimate of drug-likeness (QED) is 0.638. The fourth-order valence-electron chi connectivity index (χ4n) is 3.14. The molecule has 0 saturated carbocycles. The fourth-order valence-corrected chi connectivity index (χ4v) is 5.22. The van der Waals surface area contributed by atoms with Gasteiger partial charge in [-0.15, -0.1) is 0 Å². The standard InChI is InChI=1S/C22H22NOS/c1-3-7-20(8-4-1)25(21-9-5-2-6-10-21)22-13-11-19(12-14-22)23-15-17-24-18-16-23/h1-14H,15-18H2/q+1. The van der Waals surface area contributed by atoms with Crippen molar-refractivity contribution in [3.8, 4) is 0 Å². The molecule has 0 N–H and O–H groups in total. The largest absolute Gasteiger partial charge is 0.378 e. The first kappa shape index (κ1) is 16.2. The fraction of sp³-hybridized carbons (Fsp3) is 0.182. The summed E-state index contributed by atoms with van der Waals surface area (Å²) in [6, 6.07) is 30.7. The Morgan fingerprint density at radius 2 is 1.08 bits per heavy atom. The van der Waals surface area contributed by atoms with Gasteiger partial charge in [0.2, 0.25) is 0 Å². The zero-order valence-electron chi connectivity index (χ0n) is 14.2. The van der Waals surface area contributed by atoms with Crippen molar-refractivity contribution in [1.82, 2.24) is 0 Å². The molecule has 3 aromatic carbocycles. The van der Waals surface area contributed by atoms with Crippen LogP contribution in [0.25, 0.3) is 0 Å². The van der Waals surface area contributed by atoms with Gasteiger partial charge in [-0.1, -0.05) is 36.4 Å². The maximum Gasteiger partial charge on any atom is 0.166 e. The number of anilines is 1. The lowest BCUT2D eigenvalue weighted by Gasteiger charge is -2.28. The van der Waals surface area contributed by atoms with Crippen molar-refractivity contribution in [3.05, 3.63) is 84.9 Å². The summed E-state index contributed by atoms with van der Waals surface area (Å²) in [6.07, 6.45) is 0. The molecule has 1 aliphatic rings. The first-order valence-corrected chi connectivity index (χ1v) is 9.91. The molecule has 0 aromatic heterocycles. The van der Waals surface area contributed by atoms with Crippen LogP contribution in [0.4, 0.5) is 5.69 Å². The zero-order chi connectivity index (χ0) is 16.9. The van der Waals surface area contributed by atoms with Crippen LogP contribution in [0.5, 0.6) is 0 Å². The van der Waals surface area contributed by atoms with Crippen LogP contribution in [0.3, 0.4) is 0 Å². The predicted octanol–water partition coefficient (Wildman–Crippen LogP) is 4.62. The molecule has 0 amide bonds. The third-order valence-corrected chi connectivity index (χ3v) is 6.64. The SMILES string of the molecule is c1ccc([S+](c2ccccc2)c2ccc(N3CCOCC3)cc2)cc1. The van der Waals surface area contributed by atoms with E-state index in [1.807, 2.05) is 0 Å². The van der Waals surface area contributed by atoms with E-state index in [-0.39, 0.29) is 10.9 Å². The van der Waals surface area contributed by atoms with Crippen molar-refractivity contribution in [2.75, 3.05) is 31.2 Å². The van der Waals surface area contributed by atoms with Crippen LogP contribution >= 0.6 is 0 Å². The van der Waals surface area contributed by atoms with Crippen LogP contribution in [0.1, 0.15) is 0 Å². The van der Waals surface area contributed by atoms with Gasteiger partial charge in [0.15, 0.2) is 14.7 Å². The second-order valence-electron chi connectivity index (χ2n) is 6.03. The molecule has 1 heterocycles. The molecule has 0 radical (unpaired) electrons. The highest BCUT2D eigenvalue weighted by Gasteiger charge is 2.28. The molecule has 2 nitrogen and oxygen atoms in total. The molecule has 0 unspecified atom stereocenters. The lowest BCUT2D eigenvalue weighted by molar-refractivity contribution is 0.122. The van der Waals surface area contributed by atoms with Crippen molar-refractivity contribution in [2.45, 2.75) is 14.7 Å². The number of benzene rings is 3. The summed E-state index contributed by atoms with van der Waals surface area (Å²) in [6.45, 7) is 3.59. The number of hydrogen-bond donors (Lipinski definition) is 0. The summed E-state index contributed by atoms with van der Waals surface area (Å²) >= 11 is 0. The summed E-state index contributed by atoms with van der Waals surface area (Å²) < 4.78 is 5.46. The van der Waals surface area contributed by atoms with E-state index < -0.39 is 0 Å². The second kappa shape index (κ2) is 7.77. The third-order valence-electron chi connectivity index (χ3n) is 4.41. The first-order valence-electron chi connectivity index (χ1n) is 8.69. The average Bonchev–Trinajstić information content (AvgIpc) is 2.71. The highest BCUT2D eigenvalue weighted by Crippen LogP contribution is 2.32. The molecule has 126 valence electrons. The lowest BCUT2D eigenvalue weighted by Crippen LogP contribution is -2.36. The normalized spacial score (nSPS) is 14.7. The molecule has 1 aliphatic heterocycles. The van der Waals surface area contributed by atoms with Crippen LogP contribution in [-0.4, -0.2) is 26.3 Å². The molecule has 0 bridgehead atoms. The third kappa shape index (κ3) is 3.73. The van der Waals surface area contributed by atoms with Crippen LogP contribution < -0.4 is 4.90 Å². The average molecular weight is 348 g/mol. The van der Waals surface area contributed by atoms with Gasteiger partial charge in [-0.3, -0.25) is 0 Å². The topological polar surface area (TPSA) is 12.5 Å². The van der Waals surface area contributed by atoms with Crippen molar-refractivity contribution < 1.29 is 4.74 Å². The molecular weight excluding hydrogens is 326 g/mol. The molecule has 3 heteroatoms. The Bertz CT molecular complexity index is 744. The van der Waals surface area contributed by atoms with Crippen molar-refractivity contribution in [2.24, 2.45) is 0 Å². The summed E-state index contributed by atoms with van der Waals surface area (Å²) in [5, 5.41) is 0. The van der Waals surface area contributed by atoms with E-state index in [4.69, 9.17) is 4.74 Å². The molecule has 1 fully saturated rings. The van der Waals surface area contributed by atoms with Gasteiger partial charge in [0.1, 0.15) is 0 Å². The summed E-state index contributed by atoms with van der Waals surface area (Å²) in [7, 11) is -0.0710. The van der Waals surface area contributed by atoms with Gasteiger partial charge in [0.25, 0.3) is 0 Å². The Kier molecular flexibility index (Phi) is 5.05. The van der Waals surface area contributed by atoms with Crippen molar-refractivity contribution in [3.63, 3.8) is 0 Å². The van der Waals surface area contributed by atoms with Gasteiger partial charge in [-0.25, -0.2) is 0 Å². The first-order chi connectivity index (χ1) is 12.4. The Morgan fingerprint density at radius 1 is 0.600 bits per heavy atom. The maximum absolute atomic E-state index is 5.46. The number of rotatable bonds is 4. The maximum atomic E-state index is 5.46. The number of hydrogen-bond acceptors (Lipinski definition) is 2. The van der Waals surface area contributed by atoms with Crippen LogP contribution in [0.2, 0.25) is 0 Å². The summed E-state index contributed by atoms with van der Waals surface area (Å²) in [5.74, 6) is 0. The van der Waals surface area contributed by atoms with Gasteiger partial charge in [-0.2, -0.15) is 0 Å². The van der Waals surface area contributed by atoms with E-state index in [1.54, 1.807) is 0 Å². The zero-order valence-corrected chi connectivity index (χ0v) is 15.0.